The van der Waals surface area contributed by atoms with Crippen LogP contribution in [0.15, 0.2) is 36.4 Å². The van der Waals surface area contributed by atoms with Gasteiger partial charge in [-0.25, -0.2) is 0 Å². The van der Waals surface area contributed by atoms with E-state index >= 15 is 0 Å². The molecule has 0 aliphatic carbocycles. The third-order valence-electron chi connectivity index (χ3n) is 2.41. The summed E-state index contributed by atoms with van der Waals surface area (Å²) in [6.07, 6.45) is 0. The van der Waals surface area contributed by atoms with Crippen molar-refractivity contribution >= 4 is 5.69 Å². The molecule has 2 nitrogen and oxygen atoms in total. The van der Waals surface area contributed by atoms with Crippen LogP contribution in [0.4, 0.5) is 5.69 Å². The van der Waals surface area contributed by atoms with Gasteiger partial charge in [-0.3, -0.25) is 0 Å². The SMILES string of the molecule is C=C(CNC)CN(C)c1ccccc1C. The largest absolute Gasteiger partial charge is 0.370 e. The van der Waals surface area contributed by atoms with Crippen molar-refractivity contribution in [1.82, 2.24) is 5.32 Å². The summed E-state index contributed by atoms with van der Waals surface area (Å²) >= 11 is 0. The topological polar surface area (TPSA) is 15.3 Å². The zero-order chi connectivity index (χ0) is 11.3. The molecule has 2 heteroatoms. The zero-order valence-electron chi connectivity index (χ0n) is 9.88. The Kier molecular flexibility index (Phi) is 4.37. The highest BCUT2D eigenvalue weighted by Crippen LogP contribution is 2.18. The molecule has 1 N–H and O–H groups in total. The van der Waals surface area contributed by atoms with Crippen LogP contribution in [0.5, 0.6) is 0 Å². The van der Waals surface area contributed by atoms with Gasteiger partial charge in [-0.15, -0.1) is 0 Å². The molecular formula is C13H20N2. The number of aryl methyl sites for hydroxylation is 1. The summed E-state index contributed by atoms with van der Waals surface area (Å²) in [7, 11) is 4.04. The van der Waals surface area contributed by atoms with Gasteiger partial charge >= 0.3 is 0 Å². The summed E-state index contributed by atoms with van der Waals surface area (Å²) in [6, 6.07) is 8.41. The molecule has 0 aliphatic rings. The van der Waals surface area contributed by atoms with Gasteiger partial charge in [0.25, 0.3) is 0 Å². The zero-order valence-corrected chi connectivity index (χ0v) is 9.88. The van der Waals surface area contributed by atoms with E-state index in [-0.39, 0.29) is 0 Å². The highest BCUT2D eigenvalue weighted by molar-refractivity contribution is 5.53. The number of likely N-dealkylation sites (N-methyl/N-ethyl adjacent to an activating group) is 2. The molecule has 0 atom stereocenters. The van der Waals surface area contributed by atoms with Gasteiger partial charge in [-0.1, -0.05) is 24.8 Å². The predicted octanol–water partition coefficient (Wildman–Crippen LogP) is 2.21. The van der Waals surface area contributed by atoms with Gasteiger partial charge in [-0.05, 0) is 31.2 Å². The average molecular weight is 204 g/mol. The molecule has 1 aromatic rings. The standard InChI is InChI=1S/C13H20N2/c1-11(9-14-3)10-15(4)13-8-6-5-7-12(13)2/h5-8,14H,1,9-10H2,2-4H3. The fourth-order valence-electron chi connectivity index (χ4n) is 1.72. The molecule has 0 unspecified atom stereocenters. The molecule has 0 bridgehead atoms. The van der Waals surface area contributed by atoms with Crippen molar-refractivity contribution in [1.29, 1.82) is 0 Å². The summed E-state index contributed by atoms with van der Waals surface area (Å²) in [4.78, 5) is 2.23. The summed E-state index contributed by atoms with van der Waals surface area (Å²) in [6.45, 7) is 7.93. The molecule has 0 radical (unpaired) electrons. The van der Waals surface area contributed by atoms with E-state index in [0.717, 1.165) is 13.1 Å². The first-order valence-electron chi connectivity index (χ1n) is 5.23. The van der Waals surface area contributed by atoms with Crippen molar-refractivity contribution in [2.75, 3.05) is 32.1 Å². The molecule has 82 valence electrons. The molecule has 0 aliphatic heterocycles. The number of nitrogens with one attached hydrogen (secondary N) is 1. The molecule has 0 heterocycles. The smallest absolute Gasteiger partial charge is 0.0396 e. The quantitative estimate of drug-likeness (QED) is 0.740. The number of anilines is 1. The van der Waals surface area contributed by atoms with Gasteiger partial charge in [0.1, 0.15) is 0 Å². The van der Waals surface area contributed by atoms with E-state index in [0.29, 0.717) is 0 Å². The summed E-state index contributed by atoms with van der Waals surface area (Å²) in [5.41, 5.74) is 3.77. The van der Waals surface area contributed by atoms with Crippen LogP contribution in [0, 0.1) is 6.92 Å². The molecule has 15 heavy (non-hydrogen) atoms. The Morgan fingerprint density at radius 1 is 1.40 bits per heavy atom. The molecular weight excluding hydrogens is 184 g/mol. The van der Waals surface area contributed by atoms with Crippen LogP contribution in [0.25, 0.3) is 0 Å². The van der Waals surface area contributed by atoms with Crippen LogP contribution < -0.4 is 10.2 Å². The van der Waals surface area contributed by atoms with Crippen LogP contribution in [0.2, 0.25) is 0 Å². The second kappa shape index (κ2) is 5.56. The van der Waals surface area contributed by atoms with Crippen LogP contribution in [0.3, 0.4) is 0 Å². The molecule has 0 saturated carbocycles. The van der Waals surface area contributed by atoms with Crippen molar-refractivity contribution in [2.45, 2.75) is 6.92 Å². The fourth-order valence-corrected chi connectivity index (χ4v) is 1.72. The minimum absolute atomic E-state index is 0.871. The molecule has 0 spiro atoms. The maximum atomic E-state index is 4.04. The van der Waals surface area contributed by atoms with Crippen molar-refractivity contribution in [3.05, 3.63) is 42.0 Å². The number of para-hydroxylation sites is 1. The van der Waals surface area contributed by atoms with Crippen LogP contribution in [-0.4, -0.2) is 27.2 Å². The van der Waals surface area contributed by atoms with E-state index in [1.54, 1.807) is 0 Å². The maximum absolute atomic E-state index is 4.04. The summed E-state index contributed by atoms with van der Waals surface area (Å²) < 4.78 is 0. The minimum Gasteiger partial charge on any atom is -0.370 e. The Balaban J connectivity index is 2.65. The molecule has 0 aromatic heterocycles. The van der Waals surface area contributed by atoms with E-state index in [4.69, 9.17) is 0 Å². The Bertz CT molecular complexity index is 331. The molecule has 0 saturated heterocycles. The lowest BCUT2D eigenvalue weighted by molar-refractivity contribution is 0.839. The third-order valence-corrected chi connectivity index (χ3v) is 2.41. The molecule has 0 amide bonds. The Labute approximate surface area is 92.6 Å². The van der Waals surface area contributed by atoms with Gasteiger partial charge in [-0.2, -0.15) is 0 Å². The van der Waals surface area contributed by atoms with Crippen molar-refractivity contribution in [2.24, 2.45) is 0 Å². The summed E-state index contributed by atoms with van der Waals surface area (Å²) in [5, 5.41) is 3.11. The average Bonchev–Trinajstić information content (AvgIpc) is 2.18. The van der Waals surface area contributed by atoms with Gasteiger partial charge in [0.15, 0.2) is 0 Å². The Hall–Kier alpha value is -1.28. The highest BCUT2D eigenvalue weighted by Gasteiger charge is 2.04. The maximum Gasteiger partial charge on any atom is 0.0396 e. The van der Waals surface area contributed by atoms with Crippen molar-refractivity contribution in [3.63, 3.8) is 0 Å². The molecule has 0 fully saturated rings. The highest BCUT2D eigenvalue weighted by atomic mass is 15.1. The summed E-state index contributed by atoms with van der Waals surface area (Å²) in [5.74, 6) is 0. The molecule has 1 aromatic carbocycles. The van der Waals surface area contributed by atoms with E-state index in [2.05, 4.69) is 55.0 Å². The number of hydrogen-bond acceptors (Lipinski definition) is 2. The second-order valence-corrected chi connectivity index (χ2v) is 3.92. The first kappa shape index (κ1) is 11.8. The normalized spacial score (nSPS) is 10.1. The lowest BCUT2D eigenvalue weighted by atomic mass is 10.1. The monoisotopic (exact) mass is 204 g/mol. The Morgan fingerprint density at radius 3 is 2.67 bits per heavy atom. The van der Waals surface area contributed by atoms with Crippen molar-refractivity contribution in [3.8, 4) is 0 Å². The van der Waals surface area contributed by atoms with E-state index in [9.17, 15) is 0 Å². The first-order chi connectivity index (χ1) is 7.15. The number of nitrogens with zero attached hydrogens (tertiary/aromatic N) is 1. The number of benzene rings is 1. The van der Waals surface area contributed by atoms with Crippen LogP contribution in [0.1, 0.15) is 5.56 Å². The first-order valence-corrected chi connectivity index (χ1v) is 5.23. The second-order valence-electron chi connectivity index (χ2n) is 3.92. The van der Waals surface area contributed by atoms with Gasteiger partial charge in [0.05, 0.1) is 0 Å². The van der Waals surface area contributed by atoms with E-state index in [1.807, 2.05) is 7.05 Å². The number of hydrogen-bond donors (Lipinski definition) is 1. The van der Waals surface area contributed by atoms with Crippen LogP contribution >= 0.6 is 0 Å². The predicted molar refractivity (Wildman–Crippen MR) is 67.5 cm³/mol. The van der Waals surface area contributed by atoms with Gasteiger partial charge in [0.2, 0.25) is 0 Å². The lowest BCUT2D eigenvalue weighted by Gasteiger charge is -2.22. The lowest BCUT2D eigenvalue weighted by Crippen LogP contribution is -2.24. The number of rotatable bonds is 5. The van der Waals surface area contributed by atoms with Crippen LogP contribution in [-0.2, 0) is 0 Å². The molecule has 1 rings (SSSR count). The van der Waals surface area contributed by atoms with E-state index in [1.165, 1.54) is 16.8 Å². The van der Waals surface area contributed by atoms with E-state index < -0.39 is 0 Å². The Morgan fingerprint density at radius 2 is 2.07 bits per heavy atom. The van der Waals surface area contributed by atoms with Gasteiger partial charge < -0.3 is 10.2 Å². The third kappa shape index (κ3) is 3.40. The fraction of sp³-hybridized carbons (Fsp3) is 0.385. The van der Waals surface area contributed by atoms with Crippen molar-refractivity contribution < 1.29 is 0 Å². The minimum atomic E-state index is 0.871. The van der Waals surface area contributed by atoms with Gasteiger partial charge in [0, 0.05) is 25.8 Å².